The van der Waals surface area contributed by atoms with Crippen molar-refractivity contribution in [3.05, 3.63) is 70.8 Å². The molecule has 0 bridgehead atoms. The fraction of sp³-hybridized carbons (Fsp3) is 0.304. The zero-order valence-electron chi connectivity index (χ0n) is 17.2. The lowest BCUT2D eigenvalue weighted by molar-refractivity contribution is -0.140. The highest BCUT2D eigenvalue weighted by Gasteiger charge is 2.46. The minimum atomic E-state index is -0.682. The quantitative estimate of drug-likeness (QED) is 0.463. The summed E-state index contributed by atoms with van der Waals surface area (Å²) in [5, 5.41) is 11.1. The molecule has 0 radical (unpaired) electrons. The van der Waals surface area contributed by atoms with Crippen molar-refractivity contribution in [1.82, 2.24) is 9.80 Å². The lowest BCUT2D eigenvalue weighted by Gasteiger charge is -2.27. The Labute approximate surface area is 171 Å². The maximum atomic E-state index is 13.0. The van der Waals surface area contributed by atoms with Crippen LogP contribution in [0.4, 0.5) is 0 Å². The van der Waals surface area contributed by atoms with Crippen LogP contribution in [0, 0.1) is 6.92 Å². The topological polar surface area (TPSA) is 70.1 Å². The number of para-hydroxylation sites is 1. The Bertz CT molecular complexity index is 965. The van der Waals surface area contributed by atoms with Crippen LogP contribution in [0.1, 0.15) is 22.7 Å². The number of Topliss-reactive ketones (excluding diaryl/α,β-unsaturated/α-hetero) is 1. The number of hydrogen-bond donors (Lipinski definition) is 1. The van der Waals surface area contributed by atoms with Crippen molar-refractivity contribution < 1.29 is 19.4 Å². The minimum Gasteiger partial charge on any atom is -0.507 e. The molecule has 1 aliphatic rings. The maximum Gasteiger partial charge on any atom is 0.295 e. The van der Waals surface area contributed by atoms with E-state index in [4.69, 9.17) is 4.74 Å². The van der Waals surface area contributed by atoms with Gasteiger partial charge >= 0.3 is 0 Å². The molecule has 0 aliphatic carbocycles. The molecule has 0 spiro atoms. The molecule has 152 valence electrons. The number of ether oxygens (including phenoxy) is 1. The molecule has 1 heterocycles. The number of ketones is 1. The molecule has 1 amide bonds. The van der Waals surface area contributed by atoms with E-state index in [1.807, 2.05) is 50.2 Å². The van der Waals surface area contributed by atoms with Gasteiger partial charge in [0.1, 0.15) is 11.5 Å². The van der Waals surface area contributed by atoms with E-state index in [9.17, 15) is 14.7 Å². The predicted octanol–water partition coefficient (Wildman–Crippen LogP) is 2.99. The Morgan fingerprint density at radius 3 is 2.52 bits per heavy atom. The molecule has 6 heteroatoms. The number of likely N-dealkylation sites (tertiary alicyclic amines) is 1. The van der Waals surface area contributed by atoms with Gasteiger partial charge in [0.2, 0.25) is 0 Å². The van der Waals surface area contributed by atoms with E-state index >= 15 is 0 Å². The van der Waals surface area contributed by atoms with Crippen molar-refractivity contribution in [3.8, 4) is 5.75 Å². The number of benzene rings is 2. The number of carbonyl (C=O) groups is 2. The van der Waals surface area contributed by atoms with Crippen LogP contribution in [-0.2, 0) is 9.59 Å². The number of amides is 1. The smallest absolute Gasteiger partial charge is 0.295 e. The van der Waals surface area contributed by atoms with Crippen LogP contribution in [0.3, 0.4) is 0 Å². The summed E-state index contributed by atoms with van der Waals surface area (Å²) >= 11 is 0. The van der Waals surface area contributed by atoms with Crippen molar-refractivity contribution in [2.75, 3.05) is 34.3 Å². The van der Waals surface area contributed by atoms with Gasteiger partial charge in [-0.2, -0.15) is 0 Å². The molecule has 6 nitrogen and oxygen atoms in total. The maximum absolute atomic E-state index is 13.0. The van der Waals surface area contributed by atoms with E-state index in [0.717, 1.165) is 11.1 Å². The molecule has 1 N–H and O–H groups in total. The normalized spacial score (nSPS) is 18.5. The Kier molecular flexibility index (Phi) is 6.03. The van der Waals surface area contributed by atoms with E-state index in [0.29, 0.717) is 24.4 Å². The van der Waals surface area contributed by atoms with E-state index in [1.165, 1.54) is 12.0 Å². The van der Waals surface area contributed by atoms with Gasteiger partial charge in [-0.15, -0.1) is 0 Å². The molecular weight excluding hydrogens is 368 g/mol. The predicted molar refractivity (Wildman–Crippen MR) is 112 cm³/mol. The number of carbonyl (C=O) groups excluding carboxylic acids is 2. The van der Waals surface area contributed by atoms with Gasteiger partial charge in [0.05, 0.1) is 24.3 Å². The van der Waals surface area contributed by atoms with Gasteiger partial charge in [0.25, 0.3) is 11.7 Å². The first kappa shape index (κ1) is 20.6. The highest BCUT2D eigenvalue weighted by molar-refractivity contribution is 6.46. The highest BCUT2D eigenvalue weighted by atomic mass is 16.5. The van der Waals surface area contributed by atoms with Crippen LogP contribution in [0.2, 0.25) is 0 Å². The van der Waals surface area contributed by atoms with Gasteiger partial charge in [-0.1, -0.05) is 42.0 Å². The summed E-state index contributed by atoms with van der Waals surface area (Å²) in [6.45, 7) is 2.93. The van der Waals surface area contributed by atoms with E-state index in [-0.39, 0.29) is 11.3 Å². The molecule has 0 aromatic heterocycles. The molecule has 3 rings (SSSR count). The third kappa shape index (κ3) is 4.03. The molecule has 1 saturated heterocycles. The monoisotopic (exact) mass is 394 g/mol. The van der Waals surface area contributed by atoms with Crippen LogP contribution in [0.25, 0.3) is 5.76 Å². The molecule has 1 fully saturated rings. The number of aliphatic hydroxyl groups excluding tert-OH is 1. The van der Waals surface area contributed by atoms with Crippen LogP contribution >= 0.6 is 0 Å². The number of likely N-dealkylation sites (N-methyl/N-ethyl adjacent to an activating group) is 1. The molecule has 2 aromatic rings. The van der Waals surface area contributed by atoms with Gasteiger partial charge in [0, 0.05) is 13.1 Å². The lowest BCUT2D eigenvalue weighted by Crippen LogP contribution is -2.35. The van der Waals surface area contributed by atoms with Crippen molar-refractivity contribution >= 4 is 17.4 Å². The van der Waals surface area contributed by atoms with Crippen molar-refractivity contribution in [2.45, 2.75) is 13.0 Å². The average molecular weight is 394 g/mol. The minimum absolute atomic E-state index is 0.0869. The van der Waals surface area contributed by atoms with Crippen LogP contribution in [0.15, 0.2) is 54.1 Å². The SMILES string of the molecule is COc1ccccc1/C(O)=C1/C(=O)C(=O)N(CCN(C)C)C1c1cccc(C)c1. The first-order valence-electron chi connectivity index (χ1n) is 9.48. The number of methoxy groups -OCH3 is 1. The molecular formula is C23H26N2O4. The summed E-state index contributed by atoms with van der Waals surface area (Å²) in [5.74, 6) is -1.07. The number of rotatable bonds is 6. The molecule has 1 atom stereocenters. The highest BCUT2D eigenvalue weighted by Crippen LogP contribution is 2.40. The van der Waals surface area contributed by atoms with Crippen LogP contribution in [-0.4, -0.2) is 60.9 Å². The number of aryl methyl sites for hydroxylation is 1. The molecule has 29 heavy (non-hydrogen) atoms. The first-order valence-corrected chi connectivity index (χ1v) is 9.48. The second-order valence-corrected chi connectivity index (χ2v) is 7.41. The van der Waals surface area contributed by atoms with Gasteiger partial charge < -0.3 is 19.6 Å². The van der Waals surface area contributed by atoms with Crippen molar-refractivity contribution in [2.24, 2.45) is 0 Å². The van der Waals surface area contributed by atoms with Gasteiger partial charge in [0.15, 0.2) is 0 Å². The number of aliphatic hydroxyl groups is 1. The van der Waals surface area contributed by atoms with Gasteiger partial charge in [-0.05, 0) is 38.7 Å². The molecule has 1 aliphatic heterocycles. The second-order valence-electron chi connectivity index (χ2n) is 7.41. The zero-order chi connectivity index (χ0) is 21.1. The van der Waals surface area contributed by atoms with Crippen LogP contribution in [0.5, 0.6) is 5.75 Å². The Morgan fingerprint density at radius 1 is 1.14 bits per heavy atom. The standard InChI is InChI=1S/C23H26N2O4/c1-15-8-7-9-16(14-15)20-19(21(26)17-10-5-6-11-18(17)29-4)22(27)23(28)25(20)13-12-24(2)3/h5-11,14,20,26H,12-13H2,1-4H3/b21-19-. The number of nitrogens with zero attached hydrogens (tertiary/aromatic N) is 2. The third-order valence-electron chi connectivity index (χ3n) is 5.05. The Hall–Kier alpha value is -3.12. The summed E-state index contributed by atoms with van der Waals surface area (Å²) < 4.78 is 5.34. The van der Waals surface area contributed by atoms with Gasteiger partial charge in [-0.25, -0.2) is 0 Å². The summed E-state index contributed by atoms with van der Waals surface area (Å²) in [7, 11) is 5.32. The summed E-state index contributed by atoms with van der Waals surface area (Å²) in [6.07, 6.45) is 0. The zero-order valence-corrected chi connectivity index (χ0v) is 17.2. The molecule has 1 unspecified atom stereocenters. The van der Waals surface area contributed by atoms with Gasteiger partial charge in [-0.3, -0.25) is 9.59 Å². The van der Waals surface area contributed by atoms with E-state index in [2.05, 4.69) is 0 Å². The fourth-order valence-corrected chi connectivity index (χ4v) is 3.59. The molecule has 2 aromatic carbocycles. The summed E-state index contributed by atoms with van der Waals surface area (Å²) in [6, 6.07) is 13.9. The van der Waals surface area contributed by atoms with Crippen molar-refractivity contribution in [3.63, 3.8) is 0 Å². The van der Waals surface area contributed by atoms with E-state index in [1.54, 1.807) is 24.3 Å². The lowest BCUT2D eigenvalue weighted by atomic mass is 9.94. The average Bonchev–Trinajstić information content (AvgIpc) is 2.96. The number of hydrogen-bond acceptors (Lipinski definition) is 5. The molecule has 0 saturated carbocycles. The summed E-state index contributed by atoms with van der Waals surface area (Å²) in [5.41, 5.74) is 2.28. The summed E-state index contributed by atoms with van der Waals surface area (Å²) in [4.78, 5) is 29.3. The largest absolute Gasteiger partial charge is 0.507 e. The van der Waals surface area contributed by atoms with Crippen molar-refractivity contribution in [1.29, 1.82) is 0 Å². The first-order chi connectivity index (χ1) is 13.8. The third-order valence-corrected chi connectivity index (χ3v) is 5.05. The Balaban J connectivity index is 2.19. The van der Waals surface area contributed by atoms with Crippen LogP contribution < -0.4 is 4.74 Å². The fourth-order valence-electron chi connectivity index (χ4n) is 3.59. The second kappa shape index (κ2) is 8.49. The van der Waals surface area contributed by atoms with E-state index < -0.39 is 17.7 Å². The Morgan fingerprint density at radius 2 is 1.86 bits per heavy atom.